The normalized spacial score (nSPS) is 13.0. The van der Waals surface area contributed by atoms with Gasteiger partial charge in [0.2, 0.25) is 0 Å². The number of benzene rings is 1. The first-order chi connectivity index (χ1) is 9.63. The number of hydrogen-bond acceptors (Lipinski definition) is 3. The number of guanidine groups is 1. The van der Waals surface area contributed by atoms with E-state index < -0.39 is 0 Å². The van der Waals surface area contributed by atoms with E-state index in [1.807, 2.05) is 24.3 Å². The van der Waals surface area contributed by atoms with Crippen molar-refractivity contribution >= 4 is 35.8 Å². The molecular formula is C14H21IN4O2. The van der Waals surface area contributed by atoms with Gasteiger partial charge in [-0.15, -0.1) is 24.0 Å². The number of nitrogens with one attached hydrogen (secondary N) is 1. The van der Waals surface area contributed by atoms with Crippen molar-refractivity contribution < 1.29 is 9.53 Å². The van der Waals surface area contributed by atoms with E-state index in [0.717, 1.165) is 24.8 Å². The molecule has 5 N–H and O–H groups in total. The van der Waals surface area contributed by atoms with Crippen LogP contribution in [0, 0.1) is 0 Å². The molecule has 1 aromatic carbocycles. The first-order valence-corrected chi connectivity index (χ1v) is 6.70. The summed E-state index contributed by atoms with van der Waals surface area (Å²) in [4.78, 5) is 15.4. The summed E-state index contributed by atoms with van der Waals surface area (Å²) in [6.45, 7) is 0.621. The smallest absolute Gasteiger partial charge is 0.258 e. The Morgan fingerprint density at radius 2 is 1.95 bits per heavy atom. The number of halogens is 1. The fourth-order valence-corrected chi connectivity index (χ4v) is 1.71. The van der Waals surface area contributed by atoms with Crippen LogP contribution in [0.3, 0.4) is 0 Å². The van der Waals surface area contributed by atoms with Gasteiger partial charge in [-0.2, -0.15) is 0 Å². The number of ether oxygens (including phenoxy) is 1. The Morgan fingerprint density at radius 3 is 2.52 bits per heavy atom. The second kappa shape index (κ2) is 8.71. The van der Waals surface area contributed by atoms with Crippen LogP contribution in [0.2, 0.25) is 0 Å². The summed E-state index contributed by atoms with van der Waals surface area (Å²) in [5, 5.41) is 2.87. The number of hydrogen-bond donors (Lipinski definition) is 3. The lowest BCUT2D eigenvalue weighted by Gasteiger charge is -2.07. The van der Waals surface area contributed by atoms with Crippen LogP contribution in [0.5, 0.6) is 5.75 Å². The van der Waals surface area contributed by atoms with Crippen LogP contribution >= 0.6 is 24.0 Å². The summed E-state index contributed by atoms with van der Waals surface area (Å²) in [6, 6.07) is 7.93. The summed E-state index contributed by atoms with van der Waals surface area (Å²) in [5.74, 6) is 0.720. The van der Waals surface area contributed by atoms with Crippen LogP contribution in [0.25, 0.3) is 0 Å². The Bertz CT molecular complexity index is 482. The molecule has 0 atom stereocenters. The molecule has 1 aromatic rings. The first kappa shape index (κ1) is 17.5. The Balaban J connectivity index is 0.00000220. The van der Waals surface area contributed by atoms with Crippen LogP contribution in [0.4, 0.5) is 0 Å². The van der Waals surface area contributed by atoms with E-state index in [2.05, 4.69) is 10.3 Å². The molecule has 6 nitrogen and oxygen atoms in total. The van der Waals surface area contributed by atoms with Gasteiger partial charge in [-0.25, -0.2) is 0 Å². The molecule has 1 amide bonds. The molecule has 0 aromatic heterocycles. The predicted octanol–water partition coefficient (Wildman–Crippen LogP) is 0.778. The third-order valence-corrected chi connectivity index (χ3v) is 2.93. The van der Waals surface area contributed by atoms with Gasteiger partial charge in [0, 0.05) is 12.6 Å². The van der Waals surface area contributed by atoms with E-state index in [4.69, 9.17) is 16.2 Å². The van der Waals surface area contributed by atoms with Gasteiger partial charge in [-0.05, 0) is 37.0 Å². The first-order valence-electron chi connectivity index (χ1n) is 6.70. The van der Waals surface area contributed by atoms with E-state index in [9.17, 15) is 4.79 Å². The van der Waals surface area contributed by atoms with Crippen LogP contribution < -0.4 is 21.5 Å². The Hall–Kier alpha value is -1.51. The van der Waals surface area contributed by atoms with Gasteiger partial charge >= 0.3 is 0 Å². The minimum atomic E-state index is -0.0654. The minimum Gasteiger partial charge on any atom is -0.484 e. The van der Waals surface area contributed by atoms with Gasteiger partial charge in [-0.1, -0.05) is 12.1 Å². The molecule has 116 valence electrons. The molecule has 0 heterocycles. The summed E-state index contributed by atoms with van der Waals surface area (Å²) in [7, 11) is 0. The average molecular weight is 404 g/mol. The van der Waals surface area contributed by atoms with Crippen LogP contribution in [0.15, 0.2) is 29.3 Å². The maximum atomic E-state index is 11.5. The standard InChI is InChI=1S/C14H20N4O2.HI/c15-14(16)17-8-7-10-1-5-12(6-2-10)20-9-13(19)18-11-3-4-11;/h1-2,5-6,11H,3-4,7-9H2,(H,18,19)(H4,15,16,17);1H. The number of carbonyl (C=O) groups excluding carboxylic acids is 1. The number of nitrogens with zero attached hydrogens (tertiary/aromatic N) is 1. The molecular weight excluding hydrogens is 383 g/mol. The minimum absolute atomic E-state index is 0. The zero-order valence-electron chi connectivity index (χ0n) is 11.7. The van der Waals surface area contributed by atoms with Crippen LogP contribution in [-0.2, 0) is 11.2 Å². The highest BCUT2D eigenvalue weighted by Gasteiger charge is 2.23. The SMILES string of the molecule is I.NC(N)=NCCc1ccc(OCC(=O)NC2CC2)cc1. The molecule has 1 aliphatic rings. The molecule has 1 aliphatic carbocycles. The monoisotopic (exact) mass is 404 g/mol. The number of amides is 1. The van der Waals surface area contributed by atoms with E-state index in [-0.39, 0.29) is 42.5 Å². The molecule has 0 aliphatic heterocycles. The zero-order valence-corrected chi connectivity index (χ0v) is 14.1. The van der Waals surface area contributed by atoms with Crippen molar-refractivity contribution in [3.8, 4) is 5.75 Å². The van der Waals surface area contributed by atoms with Gasteiger partial charge in [0.15, 0.2) is 12.6 Å². The molecule has 0 saturated heterocycles. The van der Waals surface area contributed by atoms with Crippen molar-refractivity contribution in [1.82, 2.24) is 5.32 Å². The number of nitrogens with two attached hydrogens (primary N) is 2. The molecule has 0 radical (unpaired) electrons. The fraction of sp³-hybridized carbons (Fsp3) is 0.429. The highest BCUT2D eigenvalue weighted by Crippen LogP contribution is 2.18. The van der Waals surface area contributed by atoms with Crippen molar-refractivity contribution in [3.05, 3.63) is 29.8 Å². The lowest BCUT2D eigenvalue weighted by atomic mass is 10.1. The second-order valence-electron chi connectivity index (χ2n) is 4.83. The highest BCUT2D eigenvalue weighted by molar-refractivity contribution is 14.0. The van der Waals surface area contributed by atoms with E-state index >= 15 is 0 Å². The lowest BCUT2D eigenvalue weighted by Crippen LogP contribution is -2.30. The third kappa shape index (κ3) is 7.16. The summed E-state index contributed by atoms with van der Waals surface area (Å²) in [6.07, 6.45) is 2.92. The predicted molar refractivity (Wildman–Crippen MR) is 92.9 cm³/mol. The zero-order chi connectivity index (χ0) is 14.4. The summed E-state index contributed by atoms with van der Waals surface area (Å²) in [5.41, 5.74) is 11.6. The highest BCUT2D eigenvalue weighted by atomic mass is 127. The second-order valence-corrected chi connectivity index (χ2v) is 4.83. The molecule has 7 heteroatoms. The molecule has 1 fully saturated rings. The number of rotatable bonds is 7. The van der Waals surface area contributed by atoms with Crippen molar-refractivity contribution in [2.24, 2.45) is 16.5 Å². The van der Waals surface area contributed by atoms with Crippen LogP contribution in [-0.4, -0.2) is 31.1 Å². The van der Waals surface area contributed by atoms with Gasteiger partial charge in [0.25, 0.3) is 5.91 Å². The topological polar surface area (TPSA) is 103 Å². The number of aliphatic imine (C=N–C) groups is 1. The molecule has 0 unspecified atom stereocenters. The third-order valence-electron chi connectivity index (χ3n) is 2.93. The molecule has 0 bridgehead atoms. The Morgan fingerprint density at radius 1 is 1.29 bits per heavy atom. The molecule has 21 heavy (non-hydrogen) atoms. The van der Waals surface area contributed by atoms with E-state index in [1.54, 1.807) is 0 Å². The largest absolute Gasteiger partial charge is 0.484 e. The maximum Gasteiger partial charge on any atom is 0.258 e. The van der Waals surface area contributed by atoms with Crippen molar-refractivity contribution in [3.63, 3.8) is 0 Å². The summed E-state index contributed by atoms with van der Waals surface area (Å²) >= 11 is 0. The van der Waals surface area contributed by atoms with Gasteiger partial charge < -0.3 is 21.5 Å². The molecule has 1 saturated carbocycles. The average Bonchev–Trinajstić information content (AvgIpc) is 3.21. The Kier molecular flexibility index (Phi) is 7.27. The van der Waals surface area contributed by atoms with Crippen LogP contribution in [0.1, 0.15) is 18.4 Å². The quantitative estimate of drug-likeness (QED) is 0.355. The van der Waals surface area contributed by atoms with Crippen molar-refractivity contribution in [2.45, 2.75) is 25.3 Å². The van der Waals surface area contributed by atoms with Crippen molar-refractivity contribution in [2.75, 3.05) is 13.2 Å². The Labute approximate surface area is 141 Å². The van der Waals surface area contributed by atoms with E-state index in [1.165, 1.54) is 0 Å². The van der Waals surface area contributed by atoms with Gasteiger partial charge in [0.1, 0.15) is 5.75 Å². The van der Waals surface area contributed by atoms with Gasteiger partial charge in [0.05, 0.1) is 0 Å². The maximum absolute atomic E-state index is 11.5. The molecule has 2 rings (SSSR count). The fourth-order valence-electron chi connectivity index (χ4n) is 1.71. The van der Waals surface area contributed by atoms with E-state index in [0.29, 0.717) is 18.3 Å². The number of carbonyl (C=O) groups is 1. The van der Waals surface area contributed by atoms with Crippen molar-refractivity contribution in [1.29, 1.82) is 0 Å². The van der Waals surface area contributed by atoms with Gasteiger partial charge in [-0.3, -0.25) is 9.79 Å². The summed E-state index contributed by atoms with van der Waals surface area (Å²) < 4.78 is 5.41. The lowest BCUT2D eigenvalue weighted by molar-refractivity contribution is -0.123. The molecule has 0 spiro atoms.